The second kappa shape index (κ2) is 6.91. The zero-order valence-corrected chi connectivity index (χ0v) is 8.30. The topological polar surface area (TPSA) is 53.6 Å². The number of nitrogens with zero attached hydrogens (tertiary/aromatic N) is 2. The molecule has 0 aromatic carbocycles. The van der Waals surface area contributed by atoms with Crippen molar-refractivity contribution in [2.75, 3.05) is 34.2 Å². The minimum absolute atomic E-state index is 0.528. The smallest absolute Gasteiger partial charge is 0.188 e. The van der Waals surface area contributed by atoms with Crippen LogP contribution in [0.15, 0.2) is 4.99 Å². The molecule has 0 aliphatic heterocycles. The van der Waals surface area contributed by atoms with Gasteiger partial charge in [0.2, 0.25) is 0 Å². The number of guanidine groups is 1. The molecule has 0 aromatic heterocycles. The molecule has 0 aliphatic rings. The van der Waals surface area contributed by atoms with Crippen molar-refractivity contribution >= 4 is 5.96 Å². The molecular weight excluding hydrogens is 152 g/mol. The maximum absolute atomic E-state index is 5.44. The van der Waals surface area contributed by atoms with Crippen LogP contribution in [0, 0.1) is 0 Å². The molecule has 0 unspecified atom stereocenters. The third-order valence-electron chi connectivity index (χ3n) is 1.58. The highest BCUT2D eigenvalue weighted by atomic mass is 15.1. The Kier molecular flexibility index (Phi) is 6.47. The van der Waals surface area contributed by atoms with E-state index in [2.05, 4.69) is 29.3 Å². The Morgan fingerprint density at radius 2 is 2.08 bits per heavy atom. The summed E-state index contributed by atoms with van der Waals surface area (Å²) in [6.45, 7) is 2.04. The fourth-order valence-corrected chi connectivity index (χ4v) is 0.849. The highest BCUT2D eigenvalue weighted by Crippen LogP contribution is 1.88. The van der Waals surface area contributed by atoms with Crippen molar-refractivity contribution < 1.29 is 0 Å². The molecule has 0 bridgehead atoms. The Morgan fingerprint density at radius 3 is 2.58 bits per heavy atom. The summed E-state index contributed by atoms with van der Waals surface area (Å²) in [5, 5.41) is 3.02. The van der Waals surface area contributed by atoms with Crippen LogP contribution < -0.4 is 11.1 Å². The molecule has 0 saturated carbocycles. The summed E-state index contributed by atoms with van der Waals surface area (Å²) in [7, 11) is 5.84. The quantitative estimate of drug-likeness (QED) is 0.345. The zero-order valence-electron chi connectivity index (χ0n) is 8.30. The van der Waals surface area contributed by atoms with E-state index in [1.54, 1.807) is 7.05 Å². The Morgan fingerprint density at radius 1 is 1.42 bits per heavy atom. The average molecular weight is 172 g/mol. The Bertz CT molecular complexity index is 131. The van der Waals surface area contributed by atoms with Gasteiger partial charge in [-0.1, -0.05) is 0 Å². The summed E-state index contributed by atoms with van der Waals surface area (Å²) in [6, 6.07) is 0. The number of unbranched alkanes of at least 4 members (excludes halogenated alkanes) is 1. The van der Waals surface area contributed by atoms with E-state index in [1.165, 1.54) is 6.42 Å². The Hall–Kier alpha value is -0.770. The highest BCUT2D eigenvalue weighted by molar-refractivity contribution is 5.77. The van der Waals surface area contributed by atoms with Gasteiger partial charge < -0.3 is 16.0 Å². The Labute approximate surface area is 74.8 Å². The lowest BCUT2D eigenvalue weighted by Gasteiger charge is -2.09. The van der Waals surface area contributed by atoms with Crippen LogP contribution in [-0.4, -0.2) is 45.1 Å². The average Bonchev–Trinajstić information content (AvgIpc) is 2.03. The Balaban J connectivity index is 3.11. The van der Waals surface area contributed by atoms with Gasteiger partial charge in [0.15, 0.2) is 5.96 Å². The number of aliphatic imine (C=N–C) groups is 1. The predicted octanol–water partition coefficient (Wildman–Crippen LogP) is -0.138. The SMILES string of the molecule is CN=C(N)NCCCCN(C)C. The number of hydrogen-bond acceptors (Lipinski definition) is 2. The summed E-state index contributed by atoms with van der Waals surface area (Å²) >= 11 is 0. The maximum atomic E-state index is 5.44. The monoisotopic (exact) mass is 172 g/mol. The second-order valence-electron chi connectivity index (χ2n) is 3.05. The standard InChI is InChI=1S/C8H20N4/c1-10-8(9)11-6-4-5-7-12(2)3/h4-7H2,1-3H3,(H3,9,10,11). The molecule has 0 aliphatic carbocycles. The van der Waals surface area contributed by atoms with Gasteiger partial charge in [-0.2, -0.15) is 0 Å². The van der Waals surface area contributed by atoms with Crippen LogP contribution in [0.25, 0.3) is 0 Å². The van der Waals surface area contributed by atoms with Crippen molar-refractivity contribution in [2.45, 2.75) is 12.8 Å². The van der Waals surface area contributed by atoms with Crippen LogP contribution in [0.4, 0.5) is 0 Å². The van der Waals surface area contributed by atoms with E-state index in [9.17, 15) is 0 Å². The first-order valence-electron chi connectivity index (χ1n) is 4.27. The van der Waals surface area contributed by atoms with Crippen molar-refractivity contribution in [2.24, 2.45) is 10.7 Å². The van der Waals surface area contributed by atoms with Crippen LogP contribution in [-0.2, 0) is 0 Å². The predicted molar refractivity (Wildman–Crippen MR) is 53.3 cm³/mol. The fraction of sp³-hybridized carbons (Fsp3) is 0.875. The fourth-order valence-electron chi connectivity index (χ4n) is 0.849. The van der Waals surface area contributed by atoms with Crippen molar-refractivity contribution in [3.8, 4) is 0 Å². The molecule has 0 fully saturated rings. The van der Waals surface area contributed by atoms with Gasteiger partial charge in [-0.3, -0.25) is 4.99 Å². The zero-order chi connectivity index (χ0) is 9.40. The third-order valence-corrected chi connectivity index (χ3v) is 1.58. The van der Waals surface area contributed by atoms with Crippen molar-refractivity contribution in [1.82, 2.24) is 10.2 Å². The minimum atomic E-state index is 0.528. The van der Waals surface area contributed by atoms with Crippen LogP contribution in [0.5, 0.6) is 0 Å². The molecule has 0 aromatic rings. The van der Waals surface area contributed by atoms with Gasteiger partial charge in [0.25, 0.3) is 0 Å². The van der Waals surface area contributed by atoms with Crippen LogP contribution in [0.2, 0.25) is 0 Å². The van der Waals surface area contributed by atoms with E-state index >= 15 is 0 Å². The van der Waals surface area contributed by atoms with Gasteiger partial charge >= 0.3 is 0 Å². The molecule has 0 amide bonds. The lowest BCUT2D eigenvalue weighted by atomic mass is 10.3. The first-order chi connectivity index (χ1) is 5.66. The van der Waals surface area contributed by atoms with Crippen LogP contribution >= 0.6 is 0 Å². The normalized spacial score (nSPS) is 12.2. The second-order valence-corrected chi connectivity index (χ2v) is 3.05. The van der Waals surface area contributed by atoms with Crippen molar-refractivity contribution in [1.29, 1.82) is 0 Å². The van der Waals surface area contributed by atoms with Gasteiger partial charge in [0.05, 0.1) is 0 Å². The van der Waals surface area contributed by atoms with Crippen LogP contribution in [0.3, 0.4) is 0 Å². The molecular formula is C8H20N4. The number of nitrogens with one attached hydrogen (secondary N) is 1. The summed E-state index contributed by atoms with van der Waals surface area (Å²) in [6.07, 6.45) is 2.32. The molecule has 0 spiro atoms. The molecule has 0 saturated heterocycles. The third kappa shape index (κ3) is 7.34. The largest absolute Gasteiger partial charge is 0.370 e. The van der Waals surface area contributed by atoms with Crippen molar-refractivity contribution in [3.63, 3.8) is 0 Å². The van der Waals surface area contributed by atoms with E-state index in [-0.39, 0.29) is 0 Å². The first kappa shape index (κ1) is 11.2. The van der Waals surface area contributed by atoms with Gasteiger partial charge in [-0.15, -0.1) is 0 Å². The van der Waals surface area contributed by atoms with E-state index in [0.717, 1.165) is 19.5 Å². The van der Waals surface area contributed by atoms with E-state index in [0.29, 0.717) is 5.96 Å². The molecule has 3 N–H and O–H groups in total. The van der Waals surface area contributed by atoms with Gasteiger partial charge in [0, 0.05) is 13.6 Å². The molecule has 0 atom stereocenters. The highest BCUT2D eigenvalue weighted by Gasteiger charge is 1.91. The maximum Gasteiger partial charge on any atom is 0.188 e. The van der Waals surface area contributed by atoms with E-state index in [4.69, 9.17) is 5.73 Å². The molecule has 12 heavy (non-hydrogen) atoms. The lowest BCUT2D eigenvalue weighted by Crippen LogP contribution is -2.32. The molecule has 4 nitrogen and oxygen atoms in total. The molecule has 4 heteroatoms. The first-order valence-corrected chi connectivity index (χ1v) is 4.27. The summed E-state index contributed by atoms with van der Waals surface area (Å²) in [4.78, 5) is 5.97. The van der Waals surface area contributed by atoms with Crippen molar-refractivity contribution in [3.05, 3.63) is 0 Å². The summed E-state index contributed by atoms with van der Waals surface area (Å²) in [5.41, 5.74) is 5.44. The van der Waals surface area contributed by atoms with E-state index < -0.39 is 0 Å². The molecule has 72 valence electrons. The summed E-state index contributed by atoms with van der Waals surface area (Å²) < 4.78 is 0. The lowest BCUT2D eigenvalue weighted by molar-refractivity contribution is 0.394. The minimum Gasteiger partial charge on any atom is -0.370 e. The van der Waals surface area contributed by atoms with Gasteiger partial charge in [0.1, 0.15) is 0 Å². The molecule has 0 radical (unpaired) electrons. The van der Waals surface area contributed by atoms with E-state index in [1.807, 2.05) is 0 Å². The number of hydrogen-bond donors (Lipinski definition) is 2. The van der Waals surface area contributed by atoms with Gasteiger partial charge in [-0.05, 0) is 33.5 Å². The molecule has 0 rings (SSSR count). The summed E-state index contributed by atoms with van der Waals surface area (Å²) in [5.74, 6) is 0.528. The van der Waals surface area contributed by atoms with Crippen LogP contribution in [0.1, 0.15) is 12.8 Å². The molecule has 0 heterocycles. The van der Waals surface area contributed by atoms with Gasteiger partial charge in [-0.25, -0.2) is 0 Å². The number of rotatable bonds is 5. The number of nitrogens with two attached hydrogens (primary N) is 1.